The van der Waals surface area contributed by atoms with Crippen LogP contribution in [0.2, 0.25) is 4.82 Å². The maximum atomic E-state index is 5.90. The first-order valence-corrected chi connectivity index (χ1v) is 8.89. The van der Waals surface area contributed by atoms with Crippen LogP contribution in [0.25, 0.3) is 0 Å². The average Bonchev–Trinajstić information content (AvgIpc) is 2.92. The third-order valence-electron chi connectivity index (χ3n) is 3.55. The summed E-state index contributed by atoms with van der Waals surface area (Å²) in [6.07, 6.45) is 0. The number of benzene rings is 2. The van der Waals surface area contributed by atoms with Crippen molar-refractivity contribution in [2.45, 2.75) is 17.8 Å². The molecule has 0 unspecified atom stereocenters. The zero-order valence-electron chi connectivity index (χ0n) is 11.6. The second-order valence-electron chi connectivity index (χ2n) is 4.85. The Bertz CT molecular complexity index is 531. The Labute approximate surface area is 126 Å². The molecule has 0 aliphatic carbocycles. The SMILES string of the molecule is CCN1OC[C@@H]([Se]c2ccccc2)[C@@H]1c1ccccc1. The Morgan fingerprint density at radius 1 is 1.05 bits per heavy atom. The molecular formula is C17H19NOSe. The van der Waals surface area contributed by atoms with Crippen LogP contribution >= 0.6 is 0 Å². The average molecular weight is 332 g/mol. The molecule has 1 saturated heterocycles. The van der Waals surface area contributed by atoms with Crippen LogP contribution in [0.1, 0.15) is 18.5 Å². The van der Waals surface area contributed by atoms with Crippen molar-refractivity contribution in [2.24, 2.45) is 0 Å². The molecular weight excluding hydrogens is 313 g/mol. The van der Waals surface area contributed by atoms with E-state index in [9.17, 15) is 0 Å². The third kappa shape index (κ3) is 2.97. The predicted molar refractivity (Wildman–Crippen MR) is 83.1 cm³/mol. The molecule has 0 amide bonds. The van der Waals surface area contributed by atoms with Gasteiger partial charge in [-0.1, -0.05) is 0 Å². The van der Waals surface area contributed by atoms with Gasteiger partial charge in [-0.2, -0.15) is 0 Å². The predicted octanol–water partition coefficient (Wildman–Crippen LogP) is 2.81. The molecule has 0 spiro atoms. The molecule has 0 radical (unpaired) electrons. The summed E-state index contributed by atoms with van der Waals surface area (Å²) < 4.78 is 1.45. The van der Waals surface area contributed by atoms with E-state index in [1.165, 1.54) is 10.0 Å². The van der Waals surface area contributed by atoms with E-state index in [2.05, 4.69) is 72.7 Å². The molecule has 0 aromatic heterocycles. The zero-order valence-corrected chi connectivity index (χ0v) is 13.3. The quantitative estimate of drug-likeness (QED) is 0.799. The zero-order chi connectivity index (χ0) is 13.8. The van der Waals surface area contributed by atoms with Crippen LogP contribution in [0.3, 0.4) is 0 Å². The molecule has 1 aliphatic rings. The Hall–Kier alpha value is -1.12. The first kappa shape index (κ1) is 13.8. The fourth-order valence-electron chi connectivity index (χ4n) is 2.62. The van der Waals surface area contributed by atoms with Crippen molar-refractivity contribution in [3.63, 3.8) is 0 Å². The molecule has 20 heavy (non-hydrogen) atoms. The monoisotopic (exact) mass is 333 g/mol. The van der Waals surface area contributed by atoms with Gasteiger partial charge in [0, 0.05) is 0 Å². The second kappa shape index (κ2) is 6.55. The van der Waals surface area contributed by atoms with E-state index >= 15 is 0 Å². The van der Waals surface area contributed by atoms with E-state index < -0.39 is 0 Å². The van der Waals surface area contributed by atoms with E-state index in [4.69, 9.17) is 4.84 Å². The number of hydrogen-bond donors (Lipinski definition) is 0. The van der Waals surface area contributed by atoms with Gasteiger partial charge < -0.3 is 0 Å². The second-order valence-corrected chi connectivity index (χ2v) is 7.61. The van der Waals surface area contributed by atoms with Gasteiger partial charge in [-0.3, -0.25) is 0 Å². The van der Waals surface area contributed by atoms with Gasteiger partial charge in [0.2, 0.25) is 0 Å². The van der Waals surface area contributed by atoms with Gasteiger partial charge in [0.1, 0.15) is 0 Å². The number of rotatable bonds is 4. The first-order valence-electron chi connectivity index (χ1n) is 7.04. The summed E-state index contributed by atoms with van der Waals surface area (Å²) in [6, 6.07) is 21.9. The minimum atomic E-state index is 0.390. The van der Waals surface area contributed by atoms with E-state index in [1.54, 1.807) is 0 Å². The van der Waals surface area contributed by atoms with Gasteiger partial charge in [0.05, 0.1) is 0 Å². The molecule has 0 bridgehead atoms. The Morgan fingerprint density at radius 2 is 1.70 bits per heavy atom. The summed E-state index contributed by atoms with van der Waals surface area (Å²) in [5.41, 5.74) is 1.37. The van der Waals surface area contributed by atoms with Gasteiger partial charge in [-0.25, -0.2) is 0 Å². The van der Waals surface area contributed by atoms with E-state index in [0.717, 1.165) is 13.2 Å². The number of nitrogens with zero attached hydrogens (tertiary/aromatic N) is 1. The molecule has 0 N–H and O–H groups in total. The third-order valence-corrected chi connectivity index (χ3v) is 6.15. The van der Waals surface area contributed by atoms with Crippen LogP contribution in [0.4, 0.5) is 0 Å². The van der Waals surface area contributed by atoms with Crippen LogP contribution in [0.5, 0.6) is 0 Å². The molecule has 1 aliphatic heterocycles. The van der Waals surface area contributed by atoms with Gasteiger partial charge in [-0.05, 0) is 0 Å². The molecule has 2 nitrogen and oxygen atoms in total. The topological polar surface area (TPSA) is 12.5 Å². The molecule has 104 valence electrons. The van der Waals surface area contributed by atoms with Crippen LogP contribution in [0, 0.1) is 0 Å². The summed E-state index contributed by atoms with van der Waals surface area (Å²) in [4.78, 5) is 6.48. The molecule has 2 atom stereocenters. The van der Waals surface area contributed by atoms with Crippen molar-refractivity contribution in [1.29, 1.82) is 0 Å². The van der Waals surface area contributed by atoms with E-state index in [0.29, 0.717) is 25.8 Å². The molecule has 3 rings (SSSR count). The van der Waals surface area contributed by atoms with Crippen molar-refractivity contribution >= 4 is 19.4 Å². The van der Waals surface area contributed by atoms with Crippen molar-refractivity contribution in [2.75, 3.05) is 13.2 Å². The van der Waals surface area contributed by atoms with Gasteiger partial charge in [0.15, 0.2) is 0 Å². The van der Waals surface area contributed by atoms with Crippen LogP contribution in [0.15, 0.2) is 60.7 Å². The fraction of sp³-hybridized carbons (Fsp3) is 0.294. The molecule has 2 aromatic rings. The van der Waals surface area contributed by atoms with Crippen molar-refractivity contribution in [3.8, 4) is 0 Å². The molecule has 0 saturated carbocycles. The molecule has 1 heterocycles. The molecule has 1 fully saturated rings. The Morgan fingerprint density at radius 3 is 2.35 bits per heavy atom. The Balaban J connectivity index is 1.83. The minimum absolute atomic E-state index is 0.390. The number of hydrogen-bond acceptors (Lipinski definition) is 2. The van der Waals surface area contributed by atoms with Gasteiger partial charge in [-0.15, -0.1) is 0 Å². The van der Waals surface area contributed by atoms with Crippen LogP contribution in [-0.4, -0.2) is 33.2 Å². The van der Waals surface area contributed by atoms with Gasteiger partial charge >= 0.3 is 126 Å². The Kier molecular flexibility index (Phi) is 4.54. The number of hydroxylamine groups is 2. The van der Waals surface area contributed by atoms with Crippen molar-refractivity contribution < 1.29 is 4.84 Å². The van der Waals surface area contributed by atoms with Crippen molar-refractivity contribution in [3.05, 3.63) is 66.2 Å². The van der Waals surface area contributed by atoms with Crippen LogP contribution in [-0.2, 0) is 4.84 Å². The summed E-state index contributed by atoms with van der Waals surface area (Å²) in [5.74, 6) is 0. The summed E-state index contributed by atoms with van der Waals surface area (Å²) in [6.45, 7) is 3.93. The van der Waals surface area contributed by atoms with Crippen molar-refractivity contribution in [1.82, 2.24) is 5.06 Å². The van der Waals surface area contributed by atoms with Gasteiger partial charge in [0.25, 0.3) is 0 Å². The van der Waals surface area contributed by atoms with E-state index in [-0.39, 0.29) is 0 Å². The standard InChI is InChI=1S/C17H19NOSe/c1-2-18-17(14-9-5-3-6-10-14)16(13-19-18)20-15-11-7-4-8-12-15/h3-12,16-17H,2,13H2,1H3/t16-,17+/m1/s1. The molecule has 2 aromatic carbocycles. The first-order chi connectivity index (χ1) is 9.88. The fourth-order valence-corrected chi connectivity index (χ4v) is 5.17. The summed E-state index contributed by atoms with van der Waals surface area (Å²) >= 11 is 0.436. The summed E-state index contributed by atoms with van der Waals surface area (Å²) in [7, 11) is 0. The molecule has 3 heteroatoms. The van der Waals surface area contributed by atoms with Crippen LogP contribution < -0.4 is 4.46 Å². The van der Waals surface area contributed by atoms with E-state index in [1.807, 2.05) is 0 Å². The normalized spacial score (nSPS) is 23.1. The maximum absolute atomic E-state index is 5.90. The summed E-state index contributed by atoms with van der Waals surface area (Å²) in [5, 5.41) is 2.14.